The molecule has 0 spiro atoms. The molecule has 0 aliphatic carbocycles. The van der Waals surface area contributed by atoms with Crippen LogP contribution in [-0.2, 0) is 0 Å². The van der Waals surface area contributed by atoms with Crippen LogP contribution in [0.5, 0.6) is 23.0 Å². The molecule has 0 saturated carbocycles. The zero-order chi connectivity index (χ0) is 20.4. The van der Waals surface area contributed by atoms with Crippen molar-refractivity contribution in [2.45, 2.75) is 0 Å². The largest absolute Gasteiger partial charge is 0.490 e. The highest BCUT2D eigenvalue weighted by atomic mass is 16.5. The van der Waals surface area contributed by atoms with E-state index in [1.165, 1.54) is 0 Å². The number of hydrogen-bond donors (Lipinski definition) is 0. The lowest BCUT2D eigenvalue weighted by molar-refractivity contribution is 0.216. The van der Waals surface area contributed by atoms with Crippen LogP contribution in [0.1, 0.15) is 0 Å². The van der Waals surface area contributed by atoms with Gasteiger partial charge in [-0.1, -0.05) is 54.6 Å². The second-order valence-corrected chi connectivity index (χ2v) is 6.66. The first-order valence-electron chi connectivity index (χ1n) is 10.0. The van der Waals surface area contributed by atoms with Crippen LogP contribution in [0, 0.1) is 0 Å². The zero-order valence-corrected chi connectivity index (χ0v) is 16.7. The van der Waals surface area contributed by atoms with E-state index in [-0.39, 0.29) is 0 Å². The SMILES string of the molecule is c1ccc(OCCOc2ccc3cccc(OCCOc4ccccc4)c3c2)cc1. The number of fused-ring (bicyclic) bond motifs is 1. The van der Waals surface area contributed by atoms with E-state index in [0.29, 0.717) is 26.4 Å². The summed E-state index contributed by atoms with van der Waals surface area (Å²) in [6.07, 6.45) is 0. The highest BCUT2D eigenvalue weighted by Crippen LogP contribution is 2.29. The van der Waals surface area contributed by atoms with Crippen LogP contribution >= 0.6 is 0 Å². The molecule has 0 aliphatic heterocycles. The minimum Gasteiger partial charge on any atom is -0.490 e. The molecule has 152 valence electrons. The van der Waals surface area contributed by atoms with Crippen molar-refractivity contribution in [3.8, 4) is 23.0 Å². The molecule has 0 saturated heterocycles. The van der Waals surface area contributed by atoms with E-state index >= 15 is 0 Å². The van der Waals surface area contributed by atoms with Crippen molar-refractivity contribution in [1.29, 1.82) is 0 Å². The molecule has 0 unspecified atom stereocenters. The molecule has 0 fully saturated rings. The van der Waals surface area contributed by atoms with E-state index in [1.807, 2.05) is 91.0 Å². The third-order valence-corrected chi connectivity index (χ3v) is 4.53. The van der Waals surface area contributed by atoms with Crippen LogP contribution in [0.3, 0.4) is 0 Å². The third kappa shape index (κ3) is 5.45. The van der Waals surface area contributed by atoms with Crippen LogP contribution in [0.15, 0.2) is 97.1 Å². The number of para-hydroxylation sites is 2. The molecule has 4 aromatic carbocycles. The lowest BCUT2D eigenvalue weighted by atomic mass is 10.1. The van der Waals surface area contributed by atoms with Gasteiger partial charge >= 0.3 is 0 Å². The number of benzene rings is 4. The van der Waals surface area contributed by atoms with Crippen LogP contribution in [0.2, 0.25) is 0 Å². The Hall–Kier alpha value is -3.66. The Morgan fingerprint density at radius 3 is 1.63 bits per heavy atom. The third-order valence-electron chi connectivity index (χ3n) is 4.53. The summed E-state index contributed by atoms with van der Waals surface area (Å²) in [6.45, 7) is 1.89. The highest BCUT2D eigenvalue weighted by Gasteiger charge is 2.05. The average molecular weight is 400 g/mol. The van der Waals surface area contributed by atoms with Gasteiger partial charge in [0.2, 0.25) is 0 Å². The first-order chi connectivity index (χ1) is 14.9. The monoisotopic (exact) mass is 400 g/mol. The number of ether oxygens (including phenoxy) is 4. The molecule has 4 rings (SSSR count). The zero-order valence-electron chi connectivity index (χ0n) is 16.7. The summed E-state index contributed by atoms with van der Waals surface area (Å²) < 4.78 is 23.2. The molecule has 4 nitrogen and oxygen atoms in total. The van der Waals surface area contributed by atoms with Gasteiger partial charge in [0.15, 0.2) is 0 Å². The lowest BCUT2D eigenvalue weighted by Gasteiger charge is -2.12. The Labute approximate surface area is 176 Å². The van der Waals surface area contributed by atoms with Gasteiger partial charge < -0.3 is 18.9 Å². The first-order valence-corrected chi connectivity index (χ1v) is 10.0. The minimum absolute atomic E-state index is 0.462. The van der Waals surface area contributed by atoms with Crippen LogP contribution < -0.4 is 18.9 Å². The summed E-state index contributed by atoms with van der Waals surface area (Å²) in [7, 11) is 0. The van der Waals surface area contributed by atoms with Gasteiger partial charge in [0.05, 0.1) is 0 Å². The smallest absolute Gasteiger partial charge is 0.127 e. The quantitative estimate of drug-likeness (QED) is 0.317. The fourth-order valence-electron chi connectivity index (χ4n) is 3.10. The van der Waals surface area contributed by atoms with Crippen LogP contribution in [0.25, 0.3) is 10.8 Å². The fraction of sp³-hybridized carbons (Fsp3) is 0.154. The topological polar surface area (TPSA) is 36.9 Å². The highest BCUT2D eigenvalue weighted by molar-refractivity contribution is 5.89. The van der Waals surface area contributed by atoms with Crippen LogP contribution in [-0.4, -0.2) is 26.4 Å². The Morgan fingerprint density at radius 2 is 1.00 bits per heavy atom. The van der Waals surface area contributed by atoms with Crippen molar-refractivity contribution in [3.05, 3.63) is 97.1 Å². The molecule has 0 bridgehead atoms. The molecule has 4 aromatic rings. The summed E-state index contributed by atoms with van der Waals surface area (Å²) >= 11 is 0. The van der Waals surface area contributed by atoms with Crippen molar-refractivity contribution in [2.75, 3.05) is 26.4 Å². The maximum absolute atomic E-state index is 5.97. The predicted molar refractivity (Wildman–Crippen MR) is 119 cm³/mol. The summed E-state index contributed by atoms with van der Waals surface area (Å²) in [5.74, 6) is 3.28. The van der Waals surface area contributed by atoms with E-state index in [9.17, 15) is 0 Å². The maximum atomic E-state index is 5.97. The molecule has 0 N–H and O–H groups in total. The predicted octanol–water partition coefficient (Wildman–Crippen LogP) is 5.76. The Bertz CT molecular complexity index is 1050. The Morgan fingerprint density at radius 1 is 0.433 bits per heavy atom. The van der Waals surface area contributed by atoms with E-state index < -0.39 is 0 Å². The summed E-state index contributed by atoms with van der Waals surface area (Å²) in [4.78, 5) is 0. The summed E-state index contributed by atoms with van der Waals surface area (Å²) in [5, 5.41) is 2.11. The van der Waals surface area contributed by atoms with Gasteiger partial charge in [0.25, 0.3) is 0 Å². The van der Waals surface area contributed by atoms with E-state index in [0.717, 1.165) is 33.8 Å². The van der Waals surface area contributed by atoms with Crippen molar-refractivity contribution in [3.63, 3.8) is 0 Å². The van der Waals surface area contributed by atoms with Gasteiger partial charge in [-0.2, -0.15) is 0 Å². The molecule has 0 atom stereocenters. The molecule has 0 aliphatic rings. The van der Waals surface area contributed by atoms with Crippen molar-refractivity contribution in [2.24, 2.45) is 0 Å². The van der Waals surface area contributed by atoms with E-state index in [4.69, 9.17) is 18.9 Å². The Balaban J connectivity index is 1.32. The lowest BCUT2D eigenvalue weighted by Crippen LogP contribution is -2.09. The summed E-state index contributed by atoms with van der Waals surface area (Å²) in [6, 6.07) is 31.5. The molecule has 4 heteroatoms. The first kappa shape index (κ1) is 19.6. The summed E-state index contributed by atoms with van der Waals surface area (Å²) in [5.41, 5.74) is 0. The molecular weight excluding hydrogens is 376 g/mol. The molecule has 0 amide bonds. The van der Waals surface area contributed by atoms with Gasteiger partial charge in [-0.15, -0.1) is 0 Å². The fourth-order valence-corrected chi connectivity index (χ4v) is 3.10. The molecule has 0 heterocycles. The average Bonchev–Trinajstić information content (AvgIpc) is 2.81. The van der Waals surface area contributed by atoms with Gasteiger partial charge in [-0.05, 0) is 47.9 Å². The molecule has 0 aromatic heterocycles. The maximum Gasteiger partial charge on any atom is 0.127 e. The Kier molecular flexibility index (Phi) is 6.69. The standard InChI is InChI=1S/C26H24O4/c1-3-9-22(10-4-1)27-16-17-29-24-15-14-21-8-7-13-26(25(21)20-24)30-19-18-28-23-11-5-2-6-12-23/h1-15,20H,16-19H2. The van der Waals surface area contributed by atoms with Crippen molar-refractivity contribution >= 4 is 10.8 Å². The van der Waals surface area contributed by atoms with E-state index in [1.54, 1.807) is 0 Å². The van der Waals surface area contributed by atoms with Gasteiger partial charge in [0.1, 0.15) is 49.4 Å². The van der Waals surface area contributed by atoms with Crippen molar-refractivity contribution < 1.29 is 18.9 Å². The van der Waals surface area contributed by atoms with Crippen LogP contribution in [0.4, 0.5) is 0 Å². The van der Waals surface area contributed by atoms with E-state index in [2.05, 4.69) is 6.07 Å². The van der Waals surface area contributed by atoms with Gasteiger partial charge in [-0.3, -0.25) is 0 Å². The van der Waals surface area contributed by atoms with Gasteiger partial charge in [0, 0.05) is 5.39 Å². The second-order valence-electron chi connectivity index (χ2n) is 6.66. The normalized spacial score (nSPS) is 10.5. The molecular formula is C26H24O4. The number of rotatable bonds is 10. The molecule has 0 radical (unpaired) electrons. The minimum atomic E-state index is 0.462. The number of hydrogen-bond acceptors (Lipinski definition) is 4. The van der Waals surface area contributed by atoms with Gasteiger partial charge in [-0.25, -0.2) is 0 Å². The second kappa shape index (κ2) is 10.2. The molecule has 30 heavy (non-hydrogen) atoms. The van der Waals surface area contributed by atoms with Crippen molar-refractivity contribution in [1.82, 2.24) is 0 Å².